The lowest BCUT2D eigenvalue weighted by Crippen LogP contribution is -2.23. The Morgan fingerprint density at radius 3 is 2.62 bits per heavy atom. The van der Waals surface area contributed by atoms with Crippen molar-refractivity contribution >= 4 is 11.8 Å². The van der Waals surface area contributed by atoms with Gasteiger partial charge in [-0.2, -0.15) is 0 Å². The molecule has 2 amide bonds. The van der Waals surface area contributed by atoms with Gasteiger partial charge in [-0.1, -0.05) is 30.0 Å². The van der Waals surface area contributed by atoms with E-state index in [9.17, 15) is 9.59 Å². The number of ether oxygens (including phenoxy) is 1. The van der Waals surface area contributed by atoms with Crippen molar-refractivity contribution < 1.29 is 14.3 Å². The molecule has 2 aromatic rings. The van der Waals surface area contributed by atoms with Gasteiger partial charge in [0.2, 0.25) is 0 Å². The summed E-state index contributed by atoms with van der Waals surface area (Å²) in [5.74, 6) is 5.96. The van der Waals surface area contributed by atoms with Crippen LogP contribution in [0.4, 0.5) is 0 Å². The average Bonchev–Trinajstić information content (AvgIpc) is 2.64. The molecule has 0 aliphatic heterocycles. The van der Waals surface area contributed by atoms with E-state index in [0.717, 1.165) is 0 Å². The summed E-state index contributed by atoms with van der Waals surface area (Å²) in [6.45, 7) is 0.179. The molecule has 122 valence electrons. The second-order valence-corrected chi connectivity index (χ2v) is 4.84. The van der Waals surface area contributed by atoms with Crippen molar-refractivity contribution in [3.63, 3.8) is 0 Å². The highest BCUT2D eigenvalue weighted by atomic mass is 16.5. The molecule has 0 spiro atoms. The van der Waals surface area contributed by atoms with Crippen LogP contribution in [-0.4, -0.2) is 32.5 Å². The molecule has 0 radical (unpaired) electrons. The maximum absolute atomic E-state index is 12.0. The van der Waals surface area contributed by atoms with Crippen LogP contribution in [0.3, 0.4) is 0 Å². The third kappa shape index (κ3) is 4.37. The van der Waals surface area contributed by atoms with Crippen LogP contribution in [-0.2, 0) is 0 Å². The van der Waals surface area contributed by atoms with Gasteiger partial charge < -0.3 is 15.4 Å². The van der Waals surface area contributed by atoms with Crippen molar-refractivity contribution in [3.8, 4) is 17.6 Å². The summed E-state index contributed by atoms with van der Waals surface area (Å²) < 4.78 is 5.09. The highest BCUT2D eigenvalue weighted by molar-refractivity contribution is 5.96. The molecule has 0 aliphatic carbocycles. The van der Waals surface area contributed by atoms with E-state index >= 15 is 0 Å². The van der Waals surface area contributed by atoms with E-state index in [1.807, 2.05) is 6.07 Å². The van der Waals surface area contributed by atoms with E-state index in [1.54, 1.807) is 56.6 Å². The highest BCUT2D eigenvalue weighted by Crippen LogP contribution is 2.12. The van der Waals surface area contributed by atoms with E-state index in [0.29, 0.717) is 22.4 Å². The number of amides is 2. The number of hydrogen-bond donors (Lipinski definition) is 2. The summed E-state index contributed by atoms with van der Waals surface area (Å²) in [5.41, 5.74) is 1.63. The minimum Gasteiger partial charge on any atom is -0.497 e. The topological polar surface area (TPSA) is 67.4 Å². The van der Waals surface area contributed by atoms with Crippen LogP contribution in [0.25, 0.3) is 0 Å². The first-order chi connectivity index (χ1) is 11.7. The first-order valence-corrected chi connectivity index (χ1v) is 7.38. The molecule has 24 heavy (non-hydrogen) atoms. The largest absolute Gasteiger partial charge is 0.497 e. The van der Waals surface area contributed by atoms with Crippen LogP contribution < -0.4 is 15.4 Å². The SMILES string of the molecule is CNC(=O)c1ccccc1C#CCNC(=O)c1cccc(OC)c1. The van der Waals surface area contributed by atoms with Crippen molar-refractivity contribution in [3.05, 3.63) is 65.2 Å². The third-order valence-corrected chi connectivity index (χ3v) is 3.29. The molecule has 0 atom stereocenters. The molecule has 0 heterocycles. The zero-order valence-corrected chi connectivity index (χ0v) is 13.6. The van der Waals surface area contributed by atoms with Crippen LogP contribution in [0.2, 0.25) is 0 Å². The Morgan fingerprint density at radius 1 is 1.08 bits per heavy atom. The van der Waals surface area contributed by atoms with Crippen LogP contribution in [0.5, 0.6) is 5.75 Å². The molecular formula is C19H18N2O3. The molecule has 0 unspecified atom stereocenters. The van der Waals surface area contributed by atoms with Crippen molar-refractivity contribution in [2.45, 2.75) is 0 Å². The van der Waals surface area contributed by atoms with E-state index in [1.165, 1.54) is 0 Å². The number of rotatable bonds is 4. The summed E-state index contributed by atoms with van der Waals surface area (Å²) in [6, 6.07) is 13.9. The number of carbonyl (C=O) groups is 2. The van der Waals surface area contributed by atoms with Gasteiger partial charge >= 0.3 is 0 Å². The Bertz CT molecular complexity index is 803. The monoisotopic (exact) mass is 322 g/mol. The Morgan fingerprint density at radius 2 is 1.88 bits per heavy atom. The summed E-state index contributed by atoms with van der Waals surface area (Å²) in [4.78, 5) is 23.8. The molecule has 0 bridgehead atoms. The molecule has 2 aromatic carbocycles. The molecule has 5 nitrogen and oxygen atoms in total. The van der Waals surface area contributed by atoms with Crippen LogP contribution in [0, 0.1) is 11.8 Å². The highest BCUT2D eigenvalue weighted by Gasteiger charge is 2.07. The Hall–Kier alpha value is -3.26. The number of hydrogen-bond acceptors (Lipinski definition) is 3. The smallest absolute Gasteiger partial charge is 0.252 e. The van der Waals surface area contributed by atoms with Crippen molar-refractivity contribution in [1.29, 1.82) is 0 Å². The van der Waals surface area contributed by atoms with E-state index < -0.39 is 0 Å². The molecule has 0 aliphatic rings. The second-order valence-electron chi connectivity index (χ2n) is 4.84. The Kier molecular flexibility index (Phi) is 5.98. The summed E-state index contributed by atoms with van der Waals surface area (Å²) in [6.07, 6.45) is 0. The van der Waals surface area contributed by atoms with Gasteiger partial charge in [-0.05, 0) is 30.3 Å². The van der Waals surface area contributed by atoms with Crippen molar-refractivity contribution in [2.24, 2.45) is 0 Å². The normalized spacial score (nSPS) is 9.42. The predicted molar refractivity (Wildman–Crippen MR) is 92.0 cm³/mol. The molecule has 2 rings (SSSR count). The van der Waals surface area contributed by atoms with Gasteiger partial charge in [0.15, 0.2) is 0 Å². The lowest BCUT2D eigenvalue weighted by Gasteiger charge is -2.04. The summed E-state index contributed by atoms with van der Waals surface area (Å²) in [7, 11) is 3.12. The number of benzene rings is 2. The van der Waals surface area contributed by atoms with Crippen LogP contribution >= 0.6 is 0 Å². The Balaban J connectivity index is 2.01. The summed E-state index contributed by atoms with van der Waals surface area (Å²) >= 11 is 0. The number of carbonyl (C=O) groups excluding carboxylic acids is 2. The maximum Gasteiger partial charge on any atom is 0.252 e. The second kappa shape index (κ2) is 8.39. The lowest BCUT2D eigenvalue weighted by atomic mass is 10.1. The van der Waals surface area contributed by atoms with Gasteiger partial charge in [-0.15, -0.1) is 0 Å². The van der Waals surface area contributed by atoms with E-state index in [2.05, 4.69) is 22.5 Å². The minimum atomic E-state index is -0.234. The Labute approximate surface area is 141 Å². The van der Waals surface area contributed by atoms with Crippen molar-refractivity contribution in [2.75, 3.05) is 20.7 Å². The molecule has 0 saturated carbocycles. The van der Waals surface area contributed by atoms with Crippen molar-refractivity contribution in [1.82, 2.24) is 10.6 Å². The van der Waals surface area contributed by atoms with Gasteiger partial charge in [0.05, 0.1) is 19.2 Å². The average molecular weight is 322 g/mol. The van der Waals surface area contributed by atoms with Crippen LogP contribution in [0.15, 0.2) is 48.5 Å². The van der Waals surface area contributed by atoms with Gasteiger partial charge in [-0.25, -0.2) is 0 Å². The van der Waals surface area contributed by atoms with E-state index in [-0.39, 0.29) is 18.4 Å². The fourth-order valence-electron chi connectivity index (χ4n) is 2.06. The van der Waals surface area contributed by atoms with Crippen LogP contribution in [0.1, 0.15) is 26.3 Å². The molecule has 2 N–H and O–H groups in total. The first kappa shape index (κ1) is 17.1. The molecule has 0 aromatic heterocycles. The molecule has 5 heteroatoms. The predicted octanol–water partition coefficient (Wildman–Crippen LogP) is 1.84. The number of methoxy groups -OCH3 is 1. The standard InChI is InChI=1S/C19H18N2O3/c1-20-19(23)17-11-4-3-7-14(17)9-6-12-21-18(22)15-8-5-10-16(13-15)24-2/h3-5,7-8,10-11,13H,12H2,1-2H3,(H,20,23)(H,21,22). The first-order valence-electron chi connectivity index (χ1n) is 7.38. The fourth-order valence-corrected chi connectivity index (χ4v) is 2.06. The van der Waals surface area contributed by atoms with E-state index in [4.69, 9.17) is 4.74 Å². The van der Waals surface area contributed by atoms with Gasteiger partial charge in [-0.3, -0.25) is 9.59 Å². The van der Waals surface area contributed by atoms with Gasteiger partial charge in [0.1, 0.15) is 5.75 Å². The minimum absolute atomic E-state index is 0.179. The fraction of sp³-hybridized carbons (Fsp3) is 0.158. The quantitative estimate of drug-likeness (QED) is 0.844. The molecule has 0 saturated heterocycles. The molecular weight excluding hydrogens is 304 g/mol. The summed E-state index contributed by atoms with van der Waals surface area (Å²) in [5, 5.41) is 5.29. The zero-order valence-electron chi connectivity index (χ0n) is 13.6. The maximum atomic E-state index is 12.0. The zero-order chi connectivity index (χ0) is 17.4. The van der Waals surface area contributed by atoms with Gasteiger partial charge in [0, 0.05) is 18.2 Å². The van der Waals surface area contributed by atoms with Gasteiger partial charge in [0.25, 0.3) is 11.8 Å². The number of nitrogens with one attached hydrogen (secondary N) is 2. The third-order valence-electron chi connectivity index (χ3n) is 3.29. The molecule has 0 fully saturated rings. The lowest BCUT2D eigenvalue weighted by molar-refractivity contribution is 0.0952.